The number of halogens is 1. The zero-order valence-electron chi connectivity index (χ0n) is 16.9. The number of benzene rings is 3. The number of hydrogen-bond donors (Lipinski definition) is 2. The third-order valence-electron chi connectivity index (χ3n) is 4.48. The number of ether oxygens (including phenoxy) is 1. The topological polar surface area (TPSA) is 67.4 Å². The zero-order chi connectivity index (χ0) is 21.5. The Kier molecular flexibility index (Phi) is 7.25. The van der Waals surface area contributed by atoms with Crippen molar-refractivity contribution in [1.82, 2.24) is 5.32 Å². The number of aryl methyl sites for hydroxylation is 2. The number of anilines is 1. The van der Waals surface area contributed by atoms with Gasteiger partial charge in [-0.15, -0.1) is 0 Å². The fourth-order valence-electron chi connectivity index (χ4n) is 3.08. The fourth-order valence-corrected chi connectivity index (χ4v) is 3.77. The molecule has 0 bridgehead atoms. The molecule has 3 aromatic carbocycles. The summed E-state index contributed by atoms with van der Waals surface area (Å²) < 4.78 is 6.68. The van der Waals surface area contributed by atoms with E-state index in [-0.39, 0.29) is 18.4 Å². The van der Waals surface area contributed by atoms with Crippen molar-refractivity contribution in [2.45, 2.75) is 20.4 Å². The van der Waals surface area contributed by atoms with Crippen molar-refractivity contribution in [1.29, 1.82) is 0 Å². The molecule has 3 rings (SSSR count). The first kappa shape index (κ1) is 21.6. The number of rotatable bonds is 7. The lowest BCUT2D eigenvalue weighted by Crippen LogP contribution is -2.23. The molecule has 0 heterocycles. The molecule has 6 heteroatoms. The predicted octanol–water partition coefficient (Wildman–Crippen LogP) is 5.01. The van der Waals surface area contributed by atoms with Crippen LogP contribution >= 0.6 is 15.9 Å². The van der Waals surface area contributed by atoms with Crippen LogP contribution in [0.2, 0.25) is 0 Å². The molecule has 2 N–H and O–H groups in total. The maximum atomic E-state index is 12.4. The first-order valence-electron chi connectivity index (χ1n) is 9.54. The highest BCUT2D eigenvalue weighted by Gasteiger charge is 2.11. The van der Waals surface area contributed by atoms with Gasteiger partial charge in [0.05, 0.1) is 0 Å². The third-order valence-corrected chi connectivity index (χ3v) is 4.93. The van der Waals surface area contributed by atoms with Gasteiger partial charge in [0, 0.05) is 22.3 Å². The van der Waals surface area contributed by atoms with Crippen molar-refractivity contribution >= 4 is 33.4 Å². The van der Waals surface area contributed by atoms with Crippen LogP contribution in [0.4, 0.5) is 5.69 Å². The Balaban J connectivity index is 1.57. The Morgan fingerprint density at radius 2 is 1.63 bits per heavy atom. The summed E-state index contributed by atoms with van der Waals surface area (Å²) in [6.45, 7) is 4.19. The molecule has 0 radical (unpaired) electrons. The van der Waals surface area contributed by atoms with E-state index in [1.807, 2.05) is 56.3 Å². The highest BCUT2D eigenvalue weighted by molar-refractivity contribution is 9.10. The minimum absolute atomic E-state index is 0.117. The highest BCUT2D eigenvalue weighted by atomic mass is 79.9. The molecule has 0 fully saturated rings. The number of carbonyl (C=O) groups is 2. The molecule has 0 unspecified atom stereocenters. The summed E-state index contributed by atoms with van der Waals surface area (Å²) in [5.74, 6) is 0.202. The van der Waals surface area contributed by atoms with Crippen molar-refractivity contribution < 1.29 is 14.3 Å². The number of nitrogens with one attached hydrogen (secondary N) is 2. The van der Waals surface area contributed by atoms with Crippen LogP contribution in [0.25, 0.3) is 0 Å². The standard InChI is InChI=1S/C24H23BrN2O3/c1-16-11-20(25)12-17(2)23(16)30-15-22(28)27-21-10-6-9-19(13-21)24(29)26-14-18-7-4-3-5-8-18/h3-13H,14-15H2,1-2H3,(H,26,29)(H,27,28). The normalized spacial score (nSPS) is 10.4. The second-order valence-corrected chi connectivity index (χ2v) is 7.87. The van der Waals surface area contributed by atoms with Crippen molar-refractivity contribution in [3.8, 4) is 5.75 Å². The summed E-state index contributed by atoms with van der Waals surface area (Å²) in [6.07, 6.45) is 0. The summed E-state index contributed by atoms with van der Waals surface area (Å²) in [4.78, 5) is 24.7. The van der Waals surface area contributed by atoms with Crippen LogP contribution in [-0.4, -0.2) is 18.4 Å². The summed E-state index contributed by atoms with van der Waals surface area (Å²) in [5.41, 5.74) is 3.94. The van der Waals surface area contributed by atoms with E-state index in [0.717, 1.165) is 21.2 Å². The summed E-state index contributed by atoms with van der Waals surface area (Å²) in [6, 6.07) is 20.4. The molecule has 30 heavy (non-hydrogen) atoms. The molecule has 154 valence electrons. The molecular formula is C24H23BrN2O3. The average Bonchev–Trinajstić information content (AvgIpc) is 2.72. The molecule has 0 aromatic heterocycles. The minimum atomic E-state index is -0.293. The molecule has 0 saturated heterocycles. The van der Waals surface area contributed by atoms with Crippen LogP contribution in [0.5, 0.6) is 5.75 Å². The molecule has 0 saturated carbocycles. The third kappa shape index (κ3) is 5.94. The quantitative estimate of drug-likeness (QED) is 0.513. The Labute approximate surface area is 184 Å². The SMILES string of the molecule is Cc1cc(Br)cc(C)c1OCC(=O)Nc1cccc(C(=O)NCc2ccccc2)c1. The van der Waals surface area contributed by atoms with Gasteiger partial charge in [-0.25, -0.2) is 0 Å². The second-order valence-electron chi connectivity index (χ2n) is 6.95. The molecule has 2 amide bonds. The van der Waals surface area contributed by atoms with Gasteiger partial charge in [0.25, 0.3) is 11.8 Å². The lowest BCUT2D eigenvalue weighted by Gasteiger charge is -2.13. The van der Waals surface area contributed by atoms with E-state index in [1.165, 1.54) is 0 Å². The molecular weight excluding hydrogens is 444 g/mol. The van der Waals surface area contributed by atoms with Crippen LogP contribution in [-0.2, 0) is 11.3 Å². The molecule has 0 aliphatic carbocycles. The van der Waals surface area contributed by atoms with Gasteiger partial charge in [0.15, 0.2) is 6.61 Å². The van der Waals surface area contributed by atoms with Gasteiger partial charge in [-0.1, -0.05) is 52.3 Å². The Bertz CT molecular complexity index is 1030. The summed E-state index contributed by atoms with van der Waals surface area (Å²) in [7, 11) is 0. The number of hydrogen-bond acceptors (Lipinski definition) is 3. The molecule has 3 aromatic rings. The van der Waals surface area contributed by atoms with Crippen molar-refractivity contribution in [2.24, 2.45) is 0 Å². The van der Waals surface area contributed by atoms with E-state index in [1.54, 1.807) is 24.3 Å². The second kappa shape index (κ2) is 10.1. The van der Waals surface area contributed by atoms with Crippen molar-refractivity contribution in [3.05, 3.63) is 93.5 Å². The van der Waals surface area contributed by atoms with Gasteiger partial charge in [-0.05, 0) is 60.9 Å². The predicted molar refractivity (Wildman–Crippen MR) is 122 cm³/mol. The molecule has 0 atom stereocenters. The largest absolute Gasteiger partial charge is 0.483 e. The Morgan fingerprint density at radius 3 is 2.33 bits per heavy atom. The van der Waals surface area contributed by atoms with Gasteiger partial charge in [0.2, 0.25) is 0 Å². The van der Waals surface area contributed by atoms with Crippen LogP contribution in [0.1, 0.15) is 27.0 Å². The van der Waals surface area contributed by atoms with E-state index < -0.39 is 0 Å². The Morgan fingerprint density at radius 1 is 0.933 bits per heavy atom. The van der Waals surface area contributed by atoms with E-state index >= 15 is 0 Å². The van der Waals surface area contributed by atoms with Gasteiger partial charge in [0.1, 0.15) is 5.75 Å². The first-order chi connectivity index (χ1) is 14.4. The van der Waals surface area contributed by atoms with E-state index in [9.17, 15) is 9.59 Å². The maximum Gasteiger partial charge on any atom is 0.262 e. The number of amides is 2. The number of carbonyl (C=O) groups excluding carboxylic acids is 2. The zero-order valence-corrected chi connectivity index (χ0v) is 18.5. The smallest absolute Gasteiger partial charge is 0.262 e. The van der Waals surface area contributed by atoms with E-state index in [0.29, 0.717) is 23.5 Å². The van der Waals surface area contributed by atoms with Gasteiger partial charge in [-0.2, -0.15) is 0 Å². The lowest BCUT2D eigenvalue weighted by molar-refractivity contribution is -0.118. The molecule has 0 spiro atoms. The van der Waals surface area contributed by atoms with Gasteiger partial charge in [-0.3, -0.25) is 9.59 Å². The van der Waals surface area contributed by atoms with Crippen LogP contribution < -0.4 is 15.4 Å². The van der Waals surface area contributed by atoms with Gasteiger partial charge >= 0.3 is 0 Å². The minimum Gasteiger partial charge on any atom is -0.483 e. The lowest BCUT2D eigenvalue weighted by atomic mass is 10.1. The molecule has 0 aliphatic heterocycles. The monoisotopic (exact) mass is 466 g/mol. The van der Waals surface area contributed by atoms with Crippen LogP contribution in [0, 0.1) is 13.8 Å². The van der Waals surface area contributed by atoms with Crippen molar-refractivity contribution in [3.63, 3.8) is 0 Å². The van der Waals surface area contributed by atoms with Crippen molar-refractivity contribution in [2.75, 3.05) is 11.9 Å². The van der Waals surface area contributed by atoms with Crippen LogP contribution in [0.15, 0.2) is 71.2 Å². The van der Waals surface area contributed by atoms with Gasteiger partial charge < -0.3 is 15.4 Å². The Hall–Kier alpha value is -3.12. The first-order valence-corrected chi connectivity index (χ1v) is 10.3. The summed E-state index contributed by atoms with van der Waals surface area (Å²) in [5, 5.41) is 5.66. The average molecular weight is 467 g/mol. The van der Waals surface area contributed by atoms with Crippen LogP contribution in [0.3, 0.4) is 0 Å². The molecule has 5 nitrogen and oxygen atoms in total. The maximum absolute atomic E-state index is 12.4. The summed E-state index contributed by atoms with van der Waals surface area (Å²) >= 11 is 3.45. The fraction of sp³-hybridized carbons (Fsp3) is 0.167. The highest BCUT2D eigenvalue weighted by Crippen LogP contribution is 2.27. The van der Waals surface area contributed by atoms with E-state index in [4.69, 9.17) is 4.74 Å². The van der Waals surface area contributed by atoms with E-state index in [2.05, 4.69) is 26.6 Å². The molecule has 0 aliphatic rings.